The van der Waals surface area contributed by atoms with E-state index in [9.17, 15) is 14.4 Å². The summed E-state index contributed by atoms with van der Waals surface area (Å²) in [5.74, 6) is -2.07. The number of nitrogens with one attached hydrogen (secondary N) is 2. The average molecular weight is 470 g/mol. The molecule has 2 N–H and O–H groups in total. The summed E-state index contributed by atoms with van der Waals surface area (Å²) >= 11 is 11.8. The lowest BCUT2D eigenvalue weighted by Gasteiger charge is -2.07. The van der Waals surface area contributed by atoms with E-state index in [1.807, 2.05) is 19.1 Å². The molecule has 0 unspecified atom stereocenters. The van der Waals surface area contributed by atoms with E-state index < -0.39 is 17.8 Å². The lowest BCUT2D eigenvalue weighted by molar-refractivity contribution is -0.136. The van der Waals surface area contributed by atoms with Crippen LogP contribution in [-0.2, 0) is 9.59 Å². The number of hydrazone groups is 1. The molecule has 162 valence electrons. The molecule has 0 spiro atoms. The fourth-order valence-corrected chi connectivity index (χ4v) is 3.03. The maximum atomic E-state index is 12.2. The summed E-state index contributed by atoms with van der Waals surface area (Å²) in [5.41, 5.74) is 4.32. The molecule has 0 saturated carbocycles. The number of halogens is 2. The Hall–Kier alpha value is -3.68. The van der Waals surface area contributed by atoms with E-state index in [1.54, 1.807) is 42.5 Å². The molecule has 7 nitrogen and oxygen atoms in total. The molecular weight excluding hydrogens is 453 g/mol. The Bertz CT molecular complexity index is 1190. The molecule has 0 aromatic heterocycles. The number of esters is 1. The van der Waals surface area contributed by atoms with Crippen LogP contribution in [0.4, 0.5) is 5.69 Å². The van der Waals surface area contributed by atoms with Crippen molar-refractivity contribution in [1.29, 1.82) is 0 Å². The molecule has 0 heterocycles. The molecule has 0 aliphatic carbocycles. The average Bonchev–Trinajstić information content (AvgIpc) is 2.76. The zero-order chi connectivity index (χ0) is 23.1. The third-order valence-electron chi connectivity index (χ3n) is 4.22. The van der Waals surface area contributed by atoms with Crippen LogP contribution in [0, 0.1) is 6.92 Å². The molecule has 3 rings (SSSR count). The first-order chi connectivity index (χ1) is 15.3. The fraction of sp³-hybridized carbons (Fsp3) is 0.0435. The summed E-state index contributed by atoms with van der Waals surface area (Å²) in [4.78, 5) is 36.1. The number of hydrogen-bond donors (Lipinski definition) is 2. The monoisotopic (exact) mass is 469 g/mol. The van der Waals surface area contributed by atoms with E-state index in [4.69, 9.17) is 27.9 Å². The van der Waals surface area contributed by atoms with Crippen molar-refractivity contribution in [1.82, 2.24) is 5.43 Å². The van der Waals surface area contributed by atoms with E-state index in [1.165, 1.54) is 18.3 Å². The first-order valence-electron chi connectivity index (χ1n) is 9.31. The van der Waals surface area contributed by atoms with E-state index in [0.717, 1.165) is 5.56 Å². The Labute approximate surface area is 194 Å². The molecule has 9 heteroatoms. The number of carbonyl (C=O) groups is 3. The minimum absolute atomic E-state index is 0.188. The van der Waals surface area contributed by atoms with Crippen LogP contribution in [0.25, 0.3) is 0 Å². The summed E-state index contributed by atoms with van der Waals surface area (Å²) in [5, 5.41) is 6.88. The van der Waals surface area contributed by atoms with Gasteiger partial charge in [0.2, 0.25) is 0 Å². The number of rotatable bonds is 5. The molecule has 0 radical (unpaired) electrons. The zero-order valence-electron chi connectivity index (χ0n) is 16.8. The highest BCUT2D eigenvalue weighted by atomic mass is 35.5. The number of hydrogen-bond acceptors (Lipinski definition) is 5. The summed E-state index contributed by atoms with van der Waals surface area (Å²) in [7, 11) is 0. The SMILES string of the molecule is Cc1ccccc1NC(=O)C(=O)NN=Cc1ccc(OC(=O)c2ccc(Cl)cc2Cl)cc1. The standard InChI is InChI=1S/C23H17Cl2N3O4/c1-14-4-2-3-5-20(14)27-21(29)22(30)28-26-13-15-6-9-17(10-7-15)32-23(31)18-11-8-16(24)12-19(18)25/h2-13H,1H3,(H,27,29)(H,28,30). The highest BCUT2D eigenvalue weighted by molar-refractivity contribution is 6.39. The smallest absolute Gasteiger partial charge is 0.345 e. The second kappa shape index (κ2) is 10.6. The van der Waals surface area contributed by atoms with Gasteiger partial charge in [0.25, 0.3) is 0 Å². The lowest BCUT2D eigenvalue weighted by Crippen LogP contribution is -2.32. The van der Waals surface area contributed by atoms with Crippen molar-refractivity contribution < 1.29 is 19.1 Å². The van der Waals surface area contributed by atoms with E-state index in [2.05, 4.69) is 15.8 Å². The number of anilines is 1. The third kappa shape index (κ3) is 6.16. The van der Waals surface area contributed by atoms with Gasteiger partial charge in [-0.1, -0.05) is 41.4 Å². The number of aryl methyl sites for hydroxylation is 1. The topological polar surface area (TPSA) is 96.9 Å². The maximum Gasteiger partial charge on any atom is 0.345 e. The van der Waals surface area contributed by atoms with Crippen LogP contribution in [0.1, 0.15) is 21.5 Å². The van der Waals surface area contributed by atoms with Crippen molar-refractivity contribution in [2.24, 2.45) is 5.10 Å². The molecule has 0 bridgehead atoms. The Morgan fingerprint density at radius 2 is 1.66 bits per heavy atom. The molecule has 3 aromatic carbocycles. The zero-order valence-corrected chi connectivity index (χ0v) is 18.3. The van der Waals surface area contributed by atoms with Crippen molar-refractivity contribution in [3.05, 3.63) is 93.5 Å². The van der Waals surface area contributed by atoms with Crippen LogP contribution in [0.2, 0.25) is 10.0 Å². The van der Waals surface area contributed by atoms with Crippen molar-refractivity contribution in [3.8, 4) is 5.75 Å². The van der Waals surface area contributed by atoms with E-state index >= 15 is 0 Å². The van der Waals surface area contributed by atoms with Crippen LogP contribution in [0.15, 0.2) is 71.8 Å². The van der Waals surface area contributed by atoms with Gasteiger partial charge in [-0.25, -0.2) is 10.2 Å². The van der Waals surface area contributed by atoms with Gasteiger partial charge in [0.15, 0.2) is 0 Å². The second-order valence-corrected chi connectivity index (χ2v) is 7.39. The van der Waals surface area contributed by atoms with Gasteiger partial charge in [0, 0.05) is 10.7 Å². The number of ether oxygens (including phenoxy) is 1. The van der Waals surface area contributed by atoms with Gasteiger partial charge in [0.05, 0.1) is 16.8 Å². The molecule has 32 heavy (non-hydrogen) atoms. The van der Waals surface area contributed by atoms with Crippen molar-refractivity contribution in [2.45, 2.75) is 6.92 Å². The van der Waals surface area contributed by atoms with Gasteiger partial charge in [-0.2, -0.15) is 5.10 Å². The van der Waals surface area contributed by atoms with E-state index in [0.29, 0.717) is 22.0 Å². The Morgan fingerprint density at radius 3 is 2.34 bits per heavy atom. The number of para-hydroxylation sites is 1. The van der Waals surface area contributed by atoms with E-state index in [-0.39, 0.29) is 10.6 Å². The lowest BCUT2D eigenvalue weighted by atomic mass is 10.2. The predicted molar refractivity (Wildman–Crippen MR) is 123 cm³/mol. The van der Waals surface area contributed by atoms with Crippen LogP contribution < -0.4 is 15.5 Å². The van der Waals surface area contributed by atoms with Crippen molar-refractivity contribution >= 4 is 52.9 Å². The Kier molecular flexibility index (Phi) is 7.59. The minimum Gasteiger partial charge on any atom is -0.423 e. The molecular formula is C23H17Cl2N3O4. The molecule has 0 fully saturated rings. The summed E-state index contributed by atoms with van der Waals surface area (Å²) in [6.07, 6.45) is 1.35. The largest absolute Gasteiger partial charge is 0.423 e. The summed E-state index contributed by atoms with van der Waals surface area (Å²) in [6.45, 7) is 1.82. The first-order valence-corrected chi connectivity index (χ1v) is 10.1. The number of benzene rings is 3. The Balaban J connectivity index is 1.53. The van der Waals surface area contributed by atoms with Crippen LogP contribution in [0.3, 0.4) is 0 Å². The number of nitrogens with zero attached hydrogens (tertiary/aromatic N) is 1. The number of carbonyl (C=O) groups excluding carboxylic acids is 3. The quantitative estimate of drug-likeness (QED) is 0.187. The van der Waals surface area contributed by atoms with Crippen LogP contribution in [-0.4, -0.2) is 24.0 Å². The first kappa shape index (κ1) is 23.0. The third-order valence-corrected chi connectivity index (χ3v) is 4.77. The maximum absolute atomic E-state index is 12.2. The second-order valence-electron chi connectivity index (χ2n) is 6.55. The summed E-state index contributed by atoms with van der Waals surface area (Å²) in [6, 6.07) is 17.9. The van der Waals surface area contributed by atoms with Gasteiger partial charge < -0.3 is 10.1 Å². The molecule has 0 saturated heterocycles. The van der Waals surface area contributed by atoms with Gasteiger partial charge in [0.1, 0.15) is 5.75 Å². The fourth-order valence-electron chi connectivity index (χ4n) is 2.55. The minimum atomic E-state index is -0.908. The predicted octanol–water partition coefficient (Wildman–Crippen LogP) is 4.61. The highest BCUT2D eigenvalue weighted by Crippen LogP contribution is 2.23. The van der Waals surface area contributed by atoms with Gasteiger partial charge in [-0.05, 0) is 66.6 Å². The van der Waals surface area contributed by atoms with Crippen molar-refractivity contribution in [2.75, 3.05) is 5.32 Å². The van der Waals surface area contributed by atoms with Gasteiger partial charge in [-0.3, -0.25) is 9.59 Å². The molecule has 0 atom stereocenters. The molecule has 2 amide bonds. The highest BCUT2D eigenvalue weighted by Gasteiger charge is 2.14. The van der Waals surface area contributed by atoms with Gasteiger partial charge in [-0.15, -0.1) is 0 Å². The normalized spacial score (nSPS) is 10.6. The molecule has 0 aliphatic rings. The van der Waals surface area contributed by atoms with Crippen LogP contribution >= 0.6 is 23.2 Å². The molecule has 3 aromatic rings. The summed E-state index contributed by atoms with van der Waals surface area (Å²) < 4.78 is 5.28. The van der Waals surface area contributed by atoms with Gasteiger partial charge >= 0.3 is 17.8 Å². The number of amides is 2. The van der Waals surface area contributed by atoms with Crippen molar-refractivity contribution in [3.63, 3.8) is 0 Å². The Morgan fingerprint density at radius 1 is 0.938 bits per heavy atom. The van der Waals surface area contributed by atoms with Crippen LogP contribution in [0.5, 0.6) is 5.75 Å². The molecule has 0 aliphatic heterocycles.